The van der Waals surface area contributed by atoms with Crippen molar-refractivity contribution in [3.05, 3.63) is 23.8 Å². The minimum atomic E-state index is -0.266. The predicted molar refractivity (Wildman–Crippen MR) is 75.6 cm³/mol. The van der Waals surface area contributed by atoms with Crippen molar-refractivity contribution in [1.82, 2.24) is 4.90 Å². The van der Waals surface area contributed by atoms with Gasteiger partial charge in [-0.25, -0.2) is 0 Å². The molecule has 1 aromatic rings. The summed E-state index contributed by atoms with van der Waals surface area (Å²) in [5.74, 6) is -0.556. The standard InChI is InChI=1S/C15H23NO3/c1-10(15(2,3)4)16(5)9-14(19)11-6-7-12(17)13(18)8-11/h6-8,10,17-18H,9H2,1-5H3. The van der Waals surface area contributed by atoms with E-state index < -0.39 is 0 Å². The van der Waals surface area contributed by atoms with Crippen molar-refractivity contribution in [3.63, 3.8) is 0 Å². The first kappa shape index (κ1) is 15.5. The molecule has 1 atom stereocenters. The molecule has 0 aliphatic rings. The first-order chi connectivity index (χ1) is 8.62. The van der Waals surface area contributed by atoms with E-state index in [9.17, 15) is 15.0 Å². The normalized spacial score (nSPS) is 13.6. The molecule has 1 aromatic carbocycles. The van der Waals surface area contributed by atoms with Crippen molar-refractivity contribution in [2.75, 3.05) is 13.6 Å². The number of phenols is 2. The SMILES string of the molecule is CC(N(C)CC(=O)c1ccc(O)c(O)c1)C(C)(C)C. The first-order valence-corrected chi connectivity index (χ1v) is 6.38. The van der Waals surface area contributed by atoms with E-state index in [1.165, 1.54) is 18.2 Å². The fourth-order valence-electron chi connectivity index (χ4n) is 1.81. The van der Waals surface area contributed by atoms with E-state index in [1.54, 1.807) is 0 Å². The third-order valence-electron chi connectivity index (χ3n) is 3.60. The molecule has 1 unspecified atom stereocenters. The molecule has 4 heteroatoms. The molecule has 0 spiro atoms. The molecule has 0 heterocycles. The Morgan fingerprint density at radius 1 is 1.26 bits per heavy atom. The largest absolute Gasteiger partial charge is 0.504 e. The van der Waals surface area contributed by atoms with Crippen LogP contribution in [0.5, 0.6) is 11.5 Å². The van der Waals surface area contributed by atoms with E-state index >= 15 is 0 Å². The number of ketones is 1. The lowest BCUT2D eigenvalue weighted by molar-refractivity contribution is 0.0853. The number of carbonyl (C=O) groups excluding carboxylic acids is 1. The van der Waals surface area contributed by atoms with Crippen LogP contribution >= 0.6 is 0 Å². The zero-order chi connectivity index (χ0) is 14.8. The average Bonchev–Trinajstić information content (AvgIpc) is 2.30. The van der Waals surface area contributed by atoms with Gasteiger partial charge in [-0.05, 0) is 37.6 Å². The number of phenolic OH excluding ortho intramolecular Hbond substituents is 2. The topological polar surface area (TPSA) is 60.8 Å². The van der Waals surface area contributed by atoms with Gasteiger partial charge in [0.25, 0.3) is 0 Å². The fourth-order valence-corrected chi connectivity index (χ4v) is 1.81. The molecule has 0 fully saturated rings. The smallest absolute Gasteiger partial charge is 0.176 e. The lowest BCUT2D eigenvalue weighted by Gasteiger charge is -2.34. The van der Waals surface area contributed by atoms with Crippen LogP contribution in [0.4, 0.5) is 0 Å². The highest BCUT2D eigenvalue weighted by atomic mass is 16.3. The van der Waals surface area contributed by atoms with E-state index in [4.69, 9.17) is 0 Å². The van der Waals surface area contributed by atoms with Gasteiger partial charge in [-0.2, -0.15) is 0 Å². The van der Waals surface area contributed by atoms with Crippen LogP contribution in [0.1, 0.15) is 38.1 Å². The number of aromatic hydroxyl groups is 2. The van der Waals surface area contributed by atoms with Gasteiger partial charge in [0.2, 0.25) is 0 Å². The number of nitrogens with zero attached hydrogens (tertiary/aromatic N) is 1. The molecule has 4 nitrogen and oxygen atoms in total. The maximum Gasteiger partial charge on any atom is 0.176 e. The summed E-state index contributed by atoms with van der Waals surface area (Å²) < 4.78 is 0. The van der Waals surface area contributed by atoms with Crippen LogP contribution in [0.15, 0.2) is 18.2 Å². The van der Waals surface area contributed by atoms with Gasteiger partial charge in [-0.1, -0.05) is 20.8 Å². The summed E-state index contributed by atoms with van der Waals surface area (Å²) in [5, 5.41) is 18.6. The molecule has 0 aliphatic heterocycles. The average molecular weight is 265 g/mol. The first-order valence-electron chi connectivity index (χ1n) is 6.38. The van der Waals surface area contributed by atoms with Crippen molar-refractivity contribution in [2.45, 2.75) is 33.7 Å². The molecule has 0 bridgehead atoms. The Balaban J connectivity index is 2.77. The van der Waals surface area contributed by atoms with E-state index in [1.807, 2.05) is 11.9 Å². The second kappa shape index (κ2) is 5.61. The second-order valence-electron chi connectivity index (χ2n) is 6.08. The third kappa shape index (κ3) is 3.96. The van der Waals surface area contributed by atoms with E-state index in [0.29, 0.717) is 5.56 Å². The molecule has 0 aromatic heterocycles. The molecular formula is C15H23NO3. The molecule has 106 valence electrons. The summed E-state index contributed by atoms with van der Waals surface area (Å²) >= 11 is 0. The van der Waals surface area contributed by atoms with Crippen LogP contribution in [0.2, 0.25) is 0 Å². The van der Waals surface area contributed by atoms with E-state index in [-0.39, 0.29) is 35.3 Å². The van der Waals surface area contributed by atoms with Crippen molar-refractivity contribution >= 4 is 5.78 Å². The predicted octanol–water partition coefficient (Wildman–Crippen LogP) is 2.65. The Labute approximate surface area is 114 Å². The summed E-state index contributed by atoms with van der Waals surface area (Å²) in [7, 11) is 1.91. The van der Waals surface area contributed by atoms with Crippen LogP contribution in [0, 0.1) is 5.41 Å². The van der Waals surface area contributed by atoms with E-state index in [2.05, 4.69) is 27.7 Å². The van der Waals surface area contributed by atoms with Crippen LogP contribution in [0.3, 0.4) is 0 Å². The van der Waals surface area contributed by atoms with Gasteiger partial charge in [-0.3, -0.25) is 9.69 Å². The number of hydrogen-bond donors (Lipinski definition) is 2. The van der Waals surface area contributed by atoms with Gasteiger partial charge in [0, 0.05) is 11.6 Å². The zero-order valence-corrected chi connectivity index (χ0v) is 12.3. The Bertz CT molecular complexity index is 463. The molecule has 0 saturated heterocycles. The van der Waals surface area contributed by atoms with Crippen molar-refractivity contribution in [2.24, 2.45) is 5.41 Å². The molecule has 0 radical (unpaired) electrons. The number of hydrogen-bond acceptors (Lipinski definition) is 4. The highest BCUT2D eigenvalue weighted by Gasteiger charge is 2.25. The lowest BCUT2D eigenvalue weighted by atomic mass is 9.87. The summed E-state index contributed by atoms with van der Waals surface area (Å²) in [6.07, 6.45) is 0. The minimum Gasteiger partial charge on any atom is -0.504 e. The van der Waals surface area contributed by atoms with E-state index in [0.717, 1.165) is 0 Å². The van der Waals surface area contributed by atoms with Crippen LogP contribution < -0.4 is 0 Å². The summed E-state index contributed by atoms with van der Waals surface area (Å²) in [6.45, 7) is 8.76. The quantitative estimate of drug-likeness (QED) is 0.649. The monoisotopic (exact) mass is 265 g/mol. The molecule has 0 amide bonds. The number of rotatable bonds is 4. The number of Topliss-reactive ketones (excluding diaryl/α,β-unsaturated/α-hetero) is 1. The molecule has 2 N–H and O–H groups in total. The lowest BCUT2D eigenvalue weighted by Crippen LogP contribution is -2.41. The van der Waals surface area contributed by atoms with Gasteiger partial charge in [0.15, 0.2) is 17.3 Å². The number of likely N-dealkylation sites (N-methyl/N-ethyl adjacent to an activating group) is 1. The summed E-state index contributed by atoms with van der Waals surface area (Å²) in [6, 6.07) is 4.40. The molecule has 1 rings (SSSR count). The van der Waals surface area contributed by atoms with Crippen LogP contribution in [-0.2, 0) is 0 Å². The molecular weight excluding hydrogens is 242 g/mol. The van der Waals surface area contributed by atoms with Gasteiger partial charge in [0.1, 0.15) is 0 Å². The summed E-state index contributed by atoms with van der Waals surface area (Å²) in [5.41, 5.74) is 0.495. The Morgan fingerprint density at radius 2 is 1.84 bits per heavy atom. The number of carbonyl (C=O) groups is 1. The Morgan fingerprint density at radius 3 is 2.32 bits per heavy atom. The highest BCUT2D eigenvalue weighted by Crippen LogP contribution is 2.26. The highest BCUT2D eigenvalue weighted by molar-refractivity contribution is 5.98. The van der Waals surface area contributed by atoms with Crippen molar-refractivity contribution < 1.29 is 15.0 Å². The van der Waals surface area contributed by atoms with Crippen molar-refractivity contribution in [3.8, 4) is 11.5 Å². The third-order valence-corrected chi connectivity index (χ3v) is 3.60. The van der Waals surface area contributed by atoms with Crippen molar-refractivity contribution in [1.29, 1.82) is 0 Å². The second-order valence-corrected chi connectivity index (χ2v) is 6.08. The van der Waals surface area contributed by atoms with Gasteiger partial charge < -0.3 is 10.2 Å². The Kier molecular flexibility index (Phi) is 4.58. The molecule has 0 saturated carbocycles. The Hall–Kier alpha value is -1.55. The summed E-state index contributed by atoms with van der Waals surface area (Å²) in [4.78, 5) is 14.1. The minimum absolute atomic E-state index is 0.0751. The maximum atomic E-state index is 12.1. The van der Waals surface area contributed by atoms with Gasteiger partial charge in [0.05, 0.1) is 6.54 Å². The zero-order valence-electron chi connectivity index (χ0n) is 12.3. The molecule has 19 heavy (non-hydrogen) atoms. The van der Waals surface area contributed by atoms with Crippen LogP contribution in [-0.4, -0.2) is 40.5 Å². The molecule has 0 aliphatic carbocycles. The maximum absolute atomic E-state index is 12.1. The fraction of sp³-hybridized carbons (Fsp3) is 0.533. The number of benzene rings is 1. The van der Waals surface area contributed by atoms with Crippen LogP contribution in [0.25, 0.3) is 0 Å². The van der Waals surface area contributed by atoms with Gasteiger partial charge in [-0.15, -0.1) is 0 Å². The van der Waals surface area contributed by atoms with Gasteiger partial charge >= 0.3 is 0 Å².